The highest BCUT2D eigenvalue weighted by Crippen LogP contribution is 2.55. The lowest BCUT2D eigenvalue weighted by Crippen LogP contribution is -2.88. The summed E-state index contributed by atoms with van der Waals surface area (Å²) >= 11 is 1.77. The molecule has 3 nitrogen and oxygen atoms in total. The molecule has 1 amide bonds. The Labute approximate surface area is 171 Å². The number of carbonyl (C=O) groups excluding carboxylic acids is 1. The smallest absolute Gasteiger partial charge is 0.275 e. The van der Waals surface area contributed by atoms with Gasteiger partial charge in [-0.15, -0.1) is 11.3 Å². The zero-order chi connectivity index (χ0) is 19.1. The molecule has 4 fully saturated rings. The molecule has 1 aromatic carbocycles. The van der Waals surface area contributed by atoms with Crippen LogP contribution in [0.2, 0.25) is 0 Å². The van der Waals surface area contributed by atoms with E-state index in [0.717, 1.165) is 17.8 Å². The highest BCUT2D eigenvalue weighted by molar-refractivity contribution is 7.10. The number of benzene rings is 1. The number of amides is 1. The standard InChI is InChI=1S/C24H30N2OS/c1-16-4-6-20(7-5-16)23(21-3-2-8-28-21)25-15-22(27)26-24-12-17-9-18(13-24)11-19(10-17)14-24/h2-8,17-19,23,25H,9-15H2,1H3,(H,26,27)/p+1/t17?,18?,19?,23-,24?/m0/s1. The predicted molar refractivity (Wildman–Crippen MR) is 113 cm³/mol. The van der Waals surface area contributed by atoms with Crippen molar-refractivity contribution in [1.82, 2.24) is 5.32 Å². The molecular formula is C24H31N2OS+. The number of rotatable bonds is 6. The lowest BCUT2D eigenvalue weighted by atomic mass is 9.53. The van der Waals surface area contributed by atoms with Gasteiger partial charge >= 0.3 is 0 Å². The second-order valence-corrected chi connectivity index (χ2v) is 10.6. The number of aryl methyl sites for hydroxylation is 1. The van der Waals surface area contributed by atoms with E-state index in [1.807, 2.05) is 0 Å². The summed E-state index contributed by atoms with van der Waals surface area (Å²) in [5, 5.41) is 7.86. The van der Waals surface area contributed by atoms with Gasteiger partial charge in [0.1, 0.15) is 6.04 Å². The Kier molecular flexibility index (Phi) is 4.80. The molecule has 4 aliphatic carbocycles. The van der Waals surface area contributed by atoms with Gasteiger partial charge in [-0.1, -0.05) is 35.9 Å². The minimum Gasteiger partial charge on any atom is -0.346 e. The summed E-state index contributed by atoms with van der Waals surface area (Å²) in [7, 11) is 0. The van der Waals surface area contributed by atoms with Gasteiger partial charge in [0.2, 0.25) is 0 Å². The Balaban J connectivity index is 1.26. The molecule has 148 valence electrons. The number of thiophene rings is 1. The van der Waals surface area contributed by atoms with Gasteiger partial charge in [0.15, 0.2) is 6.54 Å². The molecule has 4 bridgehead atoms. The second-order valence-electron chi connectivity index (χ2n) is 9.59. The Morgan fingerprint density at radius 2 is 1.75 bits per heavy atom. The Bertz CT molecular complexity index is 792. The third-order valence-corrected chi connectivity index (χ3v) is 8.22. The number of nitrogens with two attached hydrogens (primary N) is 1. The fraction of sp³-hybridized carbons (Fsp3) is 0.542. The molecule has 28 heavy (non-hydrogen) atoms. The summed E-state index contributed by atoms with van der Waals surface area (Å²) in [6.45, 7) is 2.62. The SMILES string of the molecule is Cc1ccc([C@H]([NH2+]CC(=O)NC23CC4CC(CC(C4)C2)C3)c2cccs2)cc1. The van der Waals surface area contributed by atoms with Crippen molar-refractivity contribution in [3.8, 4) is 0 Å². The summed E-state index contributed by atoms with van der Waals surface area (Å²) < 4.78 is 0. The van der Waals surface area contributed by atoms with Crippen LogP contribution in [0.1, 0.15) is 60.6 Å². The molecule has 0 aliphatic heterocycles. The van der Waals surface area contributed by atoms with Gasteiger partial charge < -0.3 is 10.6 Å². The molecule has 0 spiro atoms. The Morgan fingerprint density at radius 1 is 1.11 bits per heavy atom. The lowest BCUT2D eigenvalue weighted by molar-refractivity contribution is -0.676. The molecule has 0 saturated heterocycles. The van der Waals surface area contributed by atoms with Gasteiger partial charge in [-0.3, -0.25) is 4.79 Å². The van der Waals surface area contributed by atoms with Crippen LogP contribution in [0.25, 0.3) is 0 Å². The molecule has 6 rings (SSSR count). The average molecular weight is 396 g/mol. The molecular weight excluding hydrogens is 364 g/mol. The van der Waals surface area contributed by atoms with Gasteiger partial charge in [-0.2, -0.15) is 0 Å². The first-order chi connectivity index (χ1) is 13.6. The molecule has 3 N–H and O–H groups in total. The van der Waals surface area contributed by atoms with E-state index in [0.29, 0.717) is 6.54 Å². The third-order valence-electron chi connectivity index (χ3n) is 7.27. The van der Waals surface area contributed by atoms with Crippen molar-refractivity contribution in [3.05, 3.63) is 57.8 Å². The normalized spacial score (nSPS) is 31.7. The largest absolute Gasteiger partial charge is 0.346 e. The molecule has 0 unspecified atom stereocenters. The monoisotopic (exact) mass is 395 g/mol. The average Bonchev–Trinajstić information content (AvgIpc) is 3.16. The van der Waals surface area contributed by atoms with Gasteiger partial charge in [-0.25, -0.2) is 0 Å². The van der Waals surface area contributed by atoms with Crippen molar-refractivity contribution in [2.45, 2.75) is 57.0 Å². The maximum atomic E-state index is 12.9. The fourth-order valence-corrected chi connectivity index (χ4v) is 7.34. The van der Waals surface area contributed by atoms with E-state index in [9.17, 15) is 4.79 Å². The van der Waals surface area contributed by atoms with Crippen molar-refractivity contribution in [3.63, 3.8) is 0 Å². The predicted octanol–water partition coefficient (Wildman–Crippen LogP) is 3.79. The fourth-order valence-electron chi connectivity index (χ4n) is 6.49. The van der Waals surface area contributed by atoms with Crippen LogP contribution >= 0.6 is 11.3 Å². The lowest BCUT2D eigenvalue weighted by Gasteiger charge is -2.56. The van der Waals surface area contributed by atoms with E-state index >= 15 is 0 Å². The number of nitrogens with one attached hydrogen (secondary N) is 1. The van der Waals surface area contributed by atoms with Gasteiger partial charge in [0, 0.05) is 11.1 Å². The Morgan fingerprint density at radius 3 is 2.32 bits per heavy atom. The summed E-state index contributed by atoms with van der Waals surface area (Å²) in [6.07, 6.45) is 7.89. The van der Waals surface area contributed by atoms with Gasteiger partial charge in [0.25, 0.3) is 5.91 Å². The highest BCUT2D eigenvalue weighted by Gasteiger charge is 2.51. The summed E-state index contributed by atoms with van der Waals surface area (Å²) in [6, 6.07) is 13.2. The van der Waals surface area contributed by atoms with Gasteiger partial charge in [0.05, 0.1) is 4.88 Å². The first-order valence-electron chi connectivity index (χ1n) is 10.8. The van der Waals surface area contributed by atoms with Crippen LogP contribution < -0.4 is 10.6 Å². The van der Waals surface area contributed by atoms with Crippen LogP contribution in [0.5, 0.6) is 0 Å². The number of quaternary nitrogens is 1. The number of carbonyl (C=O) groups is 1. The van der Waals surface area contributed by atoms with E-state index in [1.165, 1.54) is 54.5 Å². The minimum atomic E-state index is 0.113. The van der Waals surface area contributed by atoms with E-state index in [1.54, 1.807) is 11.3 Å². The third kappa shape index (κ3) is 3.65. The van der Waals surface area contributed by atoms with E-state index in [-0.39, 0.29) is 17.5 Å². The van der Waals surface area contributed by atoms with Crippen LogP contribution in [0.3, 0.4) is 0 Å². The molecule has 1 heterocycles. The zero-order valence-corrected chi connectivity index (χ0v) is 17.5. The van der Waals surface area contributed by atoms with Crippen LogP contribution in [0.15, 0.2) is 41.8 Å². The maximum Gasteiger partial charge on any atom is 0.275 e. The van der Waals surface area contributed by atoms with Crippen molar-refractivity contribution >= 4 is 17.2 Å². The van der Waals surface area contributed by atoms with Crippen molar-refractivity contribution in [2.24, 2.45) is 17.8 Å². The first-order valence-corrected chi connectivity index (χ1v) is 11.7. The second kappa shape index (κ2) is 7.31. The van der Waals surface area contributed by atoms with E-state index in [2.05, 4.69) is 59.3 Å². The summed E-state index contributed by atoms with van der Waals surface area (Å²) in [5.41, 5.74) is 2.66. The van der Waals surface area contributed by atoms with Crippen molar-refractivity contribution in [1.29, 1.82) is 0 Å². The maximum absolute atomic E-state index is 12.9. The number of hydrogen-bond acceptors (Lipinski definition) is 2. The van der Waals surface area contributed by atoms with Crippen LogP contribution in [-0.2, 0) is 4.79 Å². The molecule has 4 aliphatic rings. The summed E-state index contributed by atoms with van der Waals surface area (Å²) in [5.74, 6) is 2.81. The van der Waals surface area contributed by atoms with Crippen LogP contribution in [0, 0.1) is 24.7 Å². The van der Waals surface area contributed by atoms with Crippen LogP contribution in [0.4, 0.5) is 0 Å². The molecule has 1 aromatic heterocycles. The van der Waals surface area contributed by atoms with E-state index < -0.39 is 0 Å². The first kappa shape index (κ1) is 18.4. The van der Waals surface area contributed by atoms with Crippen molar-refractivity contribution in [2.75, 3.05) is 6.54 Å². The highest BCUT2D eigenvalue weighted by atomic mass is 32.1. The minimum absolute atomic E-state index is 0.113. The Hall–Kier alpha value is -1.65. The van der Waals surface area contributed by atoms with Crippen molar-refractivity contribution < 1.29 is 10.1 Å². The molecule has 2 aromatic rings. The molecule has 0 radical (unpaired) electrons. The summed E-state index contributed by atoms with van der Waals surface area (Å²) in [4.78, 5) is 14.3. The molecule has 4 saturated carbocycles. The van der Waals surface area contributed by atoms with Crippen LogP contribution in [-0.4, -0.2) is 18.0 Å². The quantitative estimate of drug-likeness (QED) is 0.768. The topological polar surface area (TPSA) is 45.7 Å². The molecule has 1 atom stereocenters. The molecule has 4 heteroatoms. The number of hydrogen-bond donors (Lipinski definition) is 2. The van der Waals surface area contributed by atoms with E-state index in [4.69, 9.17) is 0 Å². The van der Waals surface area contributed by atoms with Gasteiger partial charge in [-0.05, 0) is 74.6 Å². The zero-order valence-electron chi connectivity index (χ0n) is 16.7.